The summed E-state index contributed by atoms with van der Waals surface area (Å²) in [4.78, 5) is 23.1. The second-order valence-corrected chi connectivity index (χ2v) is 11.2. The molecule has 4 N–H and O–H groups in total. The normalized spacial score (nSPS) is 14.5. The summed E-state index contributed by atoms with van der Waals surface area (Å²) in [5.41, 5.74) is 3.65. The maximum atomic E-state index is 14.1. The maximum absolute atomic E-state index is 14.1. The molecule has 0 aliphatic carbocycles. The van der Waals surface area contributed by atoms with Crippen molar-refractivity contribution in [3.05, 3.63) is 83.7 Å². The summed E-state index contributed by atoms with van der Waals surface area (Å²) in [6.45, 7) is 3.84. The van der Waals surface area contributed by atoms with Crippen LogP contribution in [0, 0.1) is 11.6 Å². The van der Waals surface area contributed by atoms with E-state index in [4.69, 9.17) is 0 Å². The van der Waals surface area contributed by atoms with Gasteiger partial charge >= 0.3 is 11.9 Å². The monoisotopic (exact) mass is 641 g/mol. The molecular formula is C35H41F2NO8. The van der Waals surface area contributed by atoms with E-state index in [0.717, 1.165) is 0 Å². The number of hydrogen-bond acceptors (Lipinski definition) is 8. The van der Waals surface area contributed by atoms with Gasteiger partial charge in [-0.3, -0.25) is 9.59 Å². The van der Waals surface area contributed by atoms with E-state index in [0.29, 0.717) is 33.6 Å². The van der Waals surface area contributed by atoms with E-state index >= 15 is 0 Å². The number of ether oxygens (including phenoxy) is 2. The average molecular weight is 642 g/mol. The molecule has 0 fully saturated rings. The van der Waals surface area contributed by atoms with Gasteiger partial charge < -0.3 is 34.5 Å². The number of nitrogens with zero attached hydrogens (tertiary/aromatic N) is 1. The smallest absolute Gasteiger partial charge is 0.308 e. The molecule has 4 unspecified atom stereocenters. The summed E-state index contributed by atoms with van der Waals surface area (Å²) in [7, 11) is 2.41. The summed E-state index contributed by atoms with van der Waals surface area (Å²) in [6, 6.07) is 11.4. The first-order valence-electron chi connectivity index (χ1n) is 14.9. The van der Waals surface area contributed by atoms with Gasteiger partial charge in [-0.15, -0.1) is 0 Å². The molecule has 1 aromatic heterocycles. The molecule has 11 heteroatoms. The van der Waals surface area contributed by atoms with Gasteiger partial charge in [-0.1, -0.05) is 36.4 Å². The molecule has 0 amide bonds. The van der Waals surface area contributed by atoms with E-state index in [1.807, 2.05) is 18.4 Å². The number of esters is 2. The topological polar surface area (TPSA) is 138 Å². The largest absolute Gasteiger partial charge is 0.469 e. The van der Waals surface area contributed by atoms with Crippen LogP contribution < -0.4 is 0 Å². The highest BCUT2D eigenvalue weighted by molar-refractivity contribution is 5.94. The van der Waals surface area contributed by atoms with Crippen LogP contribution in [-0.2, 0) is 19.1 Å². The van der Waals surface area contributed by atoms with Gasteiger partial charge in [0.15, 0.2) is 0 Å². The van der Waals surface area contributed by atoms with Crippen molar-refractivity contribution in [3.8, 4) is 22.3 Å². The second kappa shape index (κ2) is 17.0. The molecule has 3 aromatic rings. The minimum absolute atomic E-state index is 0.141. The first kappa shape index (κ1) is 36.3. The van der Waals surface area contributed by atoms with Crippen molar-refractivity contribution in [2.75, 3.05) is 14.2 Å². The number of rotatable bonds is 15. The Hall–Kier alpha value is -4.16. The number of aliphatic hydroxyl groups is 4. The van der Waals surface area contributed by atoms with Gasteiger partial charge in [0.1, 0.15) is 11.6 Å². The van der Waals surface area contributed by atoms with E-state index in [2.05, 4.69) is 9.47 Å². The highest BCUT2D eigenvalue weighted by Crippen LogP contribution is 2.43. The predicted octanol–water partition coefficient (Wildman–Crippen LogP) is 5.06. The first-order chi connectivity index (χ1) is 21.8. The Balaban J connectivity index is 2.22. The summed E-state index contributed by atoms with van der Waals surface area (Å²) < 4.78 is 39.2. The Labute approximate surface area is 267 Å². The lowest BCUT2D eigenvalue weighted by atomic mass is 9.94. The van der Waals surface area contributed by atoms with Crippen LogP contribution in [0.1, 0.15) is 57.0 Å². The van der Waals surface area contributed by atoms with Gasteiger partial charge in [0.05, 0.1) is 51.5 Å². The summed E-state index contributed by atoms with van der Waals surface area (Å²) in [5.74, 6) is -2.12. The standard InChI is InChI=1S/C35H41F2NO8/c1-21(2)38-30(15-13-26(39)17-28(41)19-32(43)45-3)34(22-5-9-24(36)10-6-22)35(23-7-11-25(37)12-8-23)31(38)16-14-27(40)18-29(42)20-33(44)46-4/h5-16,21,26-29,39-42H,17-20H2,1-4H3. The lowest BCUT2D eigenvalue weighted by molar-refractivity contribution is -0.144. The van der Waals surface area contributed by atoms with Crippen molar-refractivity contribution in [1.29, 1.82) is 0 Å². The Morgan fingerprint density at radius 2 is 1.04 bits per heavy atom. The number of carbonyl (C=O) groups is 2. The van der Waals surface area contributed by atoms with Crippen molar-refractivity contribution in [2.24, 2.45) is 0 Å². The SMILES string of the molecule is COC(=O)CC(O)CC(O)C=Cc1c(-c2ccc(F)cc2)c(-c2ccc(F)cc2)c(C=CC(O)CC(O)CC(=O)OC)n1C(C)C. The number of carbonyl (C=O) groups excluding carboxylic acids is 2. The molecule has 2 aromatic carbocycles. The van der Waals surface area contributed by atoms with E-state index < -0.39 is 48.0 Å². The predicted molar refractivity (Wildman–Crippen MR) is 170 cm³/mol. The minimum atomic E-state index is -1.15. The fourth-order valence-electron chi connectivity index (χ4n) is 5.17. The van der Waals surface area contributed by atoms with E-state index in [1.54, 1.807) is 36.4 Å². The molecule has 0 saturated heterocycles. The lowest BCUT2D eigenvalue weighted by Crippen LogP contribution is -2.20. The van der Waals surface area contributed by atoms with Crippen LogP contribution >= 0.6 is 0 Å². The Morgan fingerprint density at radius 1 is 0.696 bits per heavy atom. The molecule has 3 rings (SSSR count). The van der Waals surface area contributed by atoms with Gasteiger partial charge in [0.2, 0.25) is 0 Å². The molecule has 0 aliphatic rings. The Bertz CT molecular complexity index is 1400. The van der Waals surface area contributed by atoms with Crippen LogP contribution in [-0.4, -0.2) is 75.6 Å². The zero-order chi connectivity index (χ0) is 34.0. The zero-order valence-corrected chi connectivity index (χ0v) is 26.3. The number of benzene rings is 2. The summed E-state index contributed by atoms with van der Waals surface area (Å²) in [6.07, 6.45) is 0.818. The van der Waals surface area contributed by atoms with Crippen molar-refractivity contribution in [3.63, 3.8) is 0 Å². The van der Waals surface area contributed by atoms with Crippen LogP contribution in [0.5, 0.6) is 0 Å². The van der Waals surface area contributed by atoms with Crippen LogP contribution in [0.3, 0.4) is 0 Å². The van der Waals surface area contributed by atoms with Crippen LogP contribution in [0.15, 0.2) is 60.7 Å². The van der Waals surface area contributed by atoms with Crippen molar-refractivity contribution in [2.45, 2.75) is 70.0 Å². The van der Waals surface area contributed by atoms with E-state index in [9.17, 15) is 38.8 Å². The third-order valence-corrected chi connectivity index (χ3v) is 7.30. The molecular weight excluding hydrogens is 600 g/mol. The molecule has 0 spiro atoms. The lowest BCUT2D eigenvalue weighted by Gasteiger charge is -2.17. The second-order valence-electron chi connectivity index (χ2n) is 11.2. The quantitative estimate of drug-likeness (QED) is 0.169. The molecule has 46 heavy (non-hydrogen) atoms. The highest BCUT2D eigenvalue weighted by atomic mass is 19.1. The average Bonchev–Trinajstić information content (AvgIpc) is 3.33. The van der Waals surface area contributed by atoms with E-state index in [-0.39, 0.29) is 31.7 Å². The molecule has 9 nitrogen and oxygen atoms in total. The number of methoxy groups -OCH3 is 2. The van der Waals surface area contributed by atoms with Crippen molar-refractivity contribution < 1.29 is 48.3 Å². The van der Waals surface area contributed by atoms with Crippen LogP contribution in [0.4, 0.5) is 8.78 Å². The van der Waals surface area contributed by atoms with Gasteiger partial charge in [0.25, 0.3) is 0 Å². The number of hydrogen-bond donors (Lipinski definition) is 4. The van der Waals surface area contributed by atoms with Gasteiger partial charge in [-0.2, -0.15) is 0 Å². The van der Waals surface area contributed by atoms with E-state index in [1.165, 1.54) is 50.6 Å². The van der Waals surface area contributed by atoms with Gasteiger partial charge in [-0.05, 0) is 61.4 Å². The molecule has 0 aliphatic heterocycles. The molecule has 0 radical (unpaired) electrons. The van der Waals surface area contributed by atoms with Crippen molar-refractivity contribution in [1.82, 2.24) is 4.57 Å². The number of aliphatic hydroxyl groups excluding tert-OH is 4. The molecule has 248 valence electrons. The number of halogens is 2. The highest BCUT2D eigenvalue weighted by Gasteiger charge is 2.25. The molecule has 1 heterocycles. The number of aromatic nitrogens is 1. The first-order valence-corrected chi connectivity index (χ1v) is 14.9. The van der Waals surface area contributed by atoms with Crippen LogP contribution in [0.2, 0.25) is 0 Å². The molecule has 0 bridgehead atoms. The van der Waals surface area contributed by atoms with Gasteiger partial charge in [-0.25, -0.2) is 8.78 Å². The van der Waals surface area contributed by atoms with Gasteiger partial charge in [0, 0.05) is 41.4 Å². The third-order valence-electron chi connectivity index (χ3n) is 7.30. The summed E-state index contributed by atoms with van der Waals surface area (Å²) >= 11 is 0. The van der Waals surface area contributed by atoms with Crippen LogP contribution in [0.25, 0.3) is 34.4 Å². The fraction of sp³-hybridized carbons (Fsp3) is 0.371. The molecule has 4 atom stereocenters. The fourth-order valence-corrected chi connectivity index (χ4v) is 5.17. The Kier molecular flexibility index (Phi) is 13.4. The Morgan fingerprint density at radius 3 is 1.35 bits per heavy atom. The third kappa shape index (κ3) is 9.92. The van der Waals surface area contributed by atoms with Crippen molar-refractivity contribution >= 4 is 24.1 Å². The maximum Gasteiger partial charge on any atom is 0.308 e. The zero-order valence-electron chi connectivity index (χ0n) is 26.3. The summed E-state index contributed by atoms with van der Waals surface area (Å²) in [5, 5.41) is 42.0. The molecule has 0 saturated carbocycles. The minimum Gasteiger partial charge on any atom is -0.469 e.